The molecule has 0 aliphatic heterocycles. The zero-order valence-electron chi connectivity index (χ0n) is 8.16. The first-order valence-corrected chi connectivity index (χ1v) is 4.74. The Morgan fingerprint density at radius 3 is 2.77 bits per heavy atom. The largest absolute Gasteiger partial charge is 0.478 e. The molecule has 0 unspecified atom stereocenters. The highest BCUT2D eigenvalue weighted by molar-refractivity contribution is 5.79. The van der Waals surface area contributed by atoms with Crippen LogP contribution in [0.3, 0.4) is 0 Å². The molecule has 0 aliphatic carbocycles. The van der Waals surface area contributed by atoms with E-state index in [1.807, 2.05) is 0 Å². The quantitative estimate of drug-likeness (QED) is 0.467. The van der Waals surface area contributed by atoms with Crippen molar-refractivity contribution < 1.29 is 14.6 Å². The Kier molecular flexibility index (Phi) is 8.67. The summed E-state index contributed by atoms with van der Waals surface area (Å²) in [5.74, 6) is -0.922. The van der Waals surface area contributed by atoms with Crippen LogP contribution in [0.2, 0.25) is 0 Å². The van der Waals surface area contributed by atoms with Crippen molar-refractivity contribution in [1.82, 2.24) is 0 Å². The molecule has 0 aromatic heterocycles. The van der Waals surface area contributed by atoms with Crippen LogP contribution in [0.1, 0.15) is 32.6 Å². The van der Waals surface area contributed by atoms with Gasteiger partial charge in [0.2, 0.25) is 0 Å². The molecular formula is C10H18O3. The van der Waals surface area contributed by atoms with Crippen molar-refractivity contribution in [3.8, 4) is 0 Å². The van der Waals surface area contributed by atoms with Gasteiger partial charge in [-0.3, -0.25) is 0 Å². The van der Waals surface area contributed by atoms with Gasteiger partial charge in [0.1, 0.15) is 0 Å². The van der Waals surface area contributed by atoms with E-state index in [0.29, 0.717) is 6.61 Å². The third-order valence-corrected chi connectivity index (χ3v) is 1.62. The first-order chi connectivity index (χ1) is 6.27. The summed E-state index contributed by atoms with van der Waals surface area (Å²) in [6.45, 7) is 3.29. The van der Waals surface area contributed by atoms with Crippen molar-refractivity contribution in [2.24, 2.45) is 0 Å². The van der Waals surface area contributed by atoms with E-state index in [9.17, 15) is 4.79 Å². The van der Waals surface area contributed by atoms with Crippen LogP contribution in [0.15, 0.2) is 12.2 Å². The number of carboxylic acids is 1. The molecule has 0 aromatic rings. The van der Waals surface area contributed by atoms with Crippen LogP contribution in [-0.2, 0) is 9.53 Å². The van der Waals surface area contributed by atoms with E-state index in [2.05, 4.69) is 6.92 Å². The molecule has 0 saturated heterocycles. The Bertz CT molecular complexity index is 152. The molecule has 76 valence electrons. The van der Waals surface area contributed by atoms with Gasteiger partial charge < -0.3 is 9.84 Å². The second kappa shape index (κ2) is 9.26. The Labute approximate surface area is 79.4 Å². The second-order valence-corrected chi connectivity index (χ2v) is 2.88. The van der Waals surface area contributed by atoms with Gasteiger partial charge in [0.05, 0.1) is 6.61 Å². The average molecular weight is 186 g/mol. The first-order valence-electron chi connectivity index (χ1n) is 4.74. The standard InChI is InChI=1S/C10H18O3/c1-2-3-4-5-8-13-9-6-7-10(11)12/h6-7H,2-5,8-9H2,1H3,(H,11,12). The molecule has 0 aliphatic rings. The van der Waals surface area contributed by atoms with Gasteiger partial charge in [-0.05, 0) is 6.42 Å². The lowest BCUT2D eigenvalue weighted by molar-refractivity contribution is -0.131. The fourth-order valence-electron chi connectivity index (χ4n) is 0.931. The summed E-state index contributed by atoms with van der Waals surface area (Å²) in [5.41, 5.74) is 0. The van der Waals surface area contributed by atoms with Gasteiger partial charge in [0.15, 0.2) is 0 Å². The molecule has 3 nitrogen and oxygen atoms in total. The molecule has 0 fully saturated rings. The van der Waals surface area contributed by atoms with E-state index >= 15 is 0 Å². The number of ether oxygens (including phenoxy) is 1. The monoisotopic (exact) mass is 186 g/mol. The summed E-state index contributed by atoms with van der Waals surface area (Å²) in [4.78, 5) is 10.0. The topological polar surface area (TPSA) is 46.5 Å². The van der Waals surface area contributed by atoms with Gasteiger partial charge in [-0.1, -0.05) is 32.3 Å². The van der Waals surface area contributed by atoms with Crippen LogP contribution < -0.4 is 0 Å². The van der Waals surface area contributed by atoms with E-state index in [-0.39, 0.29) is 0 Å². The average Bonchev–Trinajstić information content (AvgIpc) is 2.09. The van der Waals surface area contributed by atoms with Crippen LogP contribution in [0.4, 0.5) is 0 Å². The van der Waals surface area contributed by atoms with Crippen LogP contribution >= 0.6 is 0 Å². The van der Waals surface area contributed by atoms with Crippen LogP contribution in [0.5, 0.6) is 0 Å². The maximum atomic E-state index is 10.0. The molecule has 0 aromatic carbocycles. The Hall–Kier alpha value is -0.830. The molecule has 1 N–H and O–H groups in total. The molecule has 0 spiro atoms. The molecule has 3 heteroatoms. The van der Waals surface area contributed by atoms with Crippen molar-refractivity contribution >= 4 is 5.97 Å². The van der Waals surface area contributed by atoms with Crippen LogP contribution in [0.25, 0.3) is 0 Å². The third kappa shape index (κ3) is 11.2. The highest BCUT2D eigenvalue weighted by atomic mass is 16.5. The van der Waals surface area contributed by atoms with Crippen LogP contribution in [0, 0.1) is 0 Å². The van der Waals surface area contributed by atoms with Gasteiger partial charge in [0.25, 0.3) is 0 Å². The van der Waals surface area contributed by atoms with Gasteiger partial charge in [-0.2, -0.15) is 0 Å². The SMILES string of the molecule is CCCCCCOCC=CC(=O)O. The summed E-state index contributed by atoms with van der Waals surface area (Å²) in [5, 5.41) is 8.24. The number of unbranched alkanes of at least 4 members (excludes halogenated alkanes) is 3. The normalized spacial score (nSPS) is 10.8. The van der Waals surface area contributed by atoms with E-state index in [4.69, 9.17) is 9.84 Å². The highest BCUT2D eigenvalue weighted by Crippen LogP contribution is 1.98. The fourth-order valence-corrected chi connectivity index (χ4v) is 0.931. The predicted molar refractivity (Wildman–Crippen MR) is 51.7 cm³/mol. The number of hydrogen-bond acceptors (Lipinski definition) is 2. The van der Waals surface area contributed by atoms with Crippen molar-refractivity contribution in [3.05, 3.63) is 12.2 Å². The van der Waals surface area contributed by atoms with E-state index in [1.54, 1.807) is 0 Å². The smallest absolute Gasteiger partial charge is 0.328 e. The molecule has 0 saturated carbocycles. The summed E-state index contributed by atoms with van der Waals surface area (Å²) in [6, 6.07) is 0. The summed E-state index contributed by atoms with van der Waals surface area (Å²) in [7, 11) is 0. The lowest BCUT2D eigenvalue weighted by Gasteiger charge is -1.99. The molecule has 13 heavy (non-hydrogen) atoms. The number of rotatable bonds is 8. The number of carboxylic acid groups (broad SMARTS) is 1. The van der Waals surface area contributed by atoms with Crippen molar-refractivity contribution in [1.29, 1.82) is 0 Å². The molecule has 0 amide bonds. The molecule has 0 atom stereocenters. The van der Waals surface area contributed by atoms with Gasteiger partial charge in [-0.25, -0.2) is 4.79 Å². The molecular weight excluding hydrogens is 168 g/mol. The minimum atomic E-state index is -0.922. The maximum absolute atomic E-state index is 10.0. The minimum Gasteiger partial charge on any atom is -0.478 e. The Morgan fingerprint density at radius 2 is 2.15 bits per heavy atom. The number of aliphatic carboxylic acids is 1. The predicted octanol–water partition coefficient (Wildman–Crippen LogP) is 2.22. The van der Waals surface area contributed by atoms with E-state index < -0.39 is 5.97 Å². The maximum Gasteiger partial charge on any atom is 0.328 e. The fraction of sp³-hybridized carbons (Fsp3) is 0.700. The van der Waals surface area contributed by atoms with Crippen molar-refractivity contribution in [3.63, 3.8) is 0 Å². The summed E-state index contributed by atoms with van der Waals surface area (Å²) >= 11 is 0. The highest BCUT2D eigenvalue weighted by Gasteiger charge is 1.88. The third-order valence-electron chi connectivity index (χ3n) is 1.62. The van der Waals surface area contributed by atoms with E-state index in [0.717, 1.165) is 19.1 Å². The Balaban J connectivity index is 3.03. The molecule has 0 rings (SSSR count). The molecule has 0 heterocycles. The van der Waals surface area contributed by atoms with Crippen molar-refractivity contribution in [2.45, 2.75) is 32.6 Å². The lowest BCUT2D eigenvalue weighted by atomic mass is 10.2. The summed E-state index contributed by atoms with van der Waals surface area (Å²) < 4.78 is 5.18. The molecule has 0 bridgehead atoms. The minimum absolute atomic E-state index is 0.401. The second-order valence-electron chi connectivity index (χ2n) is 2.88. The summed E-state index contributed by atoms with van der Waals surface area (Å²) in [6.07, 6.45) is 7.34. The zero-order chi connectivity index (χ0) is 9.94. The number of hydrogen-bond donors (Lipinski definition) is 1. The van der Waals surface area contributed by atoms with Gasteiger partial charge in [0, 0.05) is 12.7 Å². The molecule has 0 radical (unpaired) electrons. The van der Waals surface area contributed by atoms with Crippen molar-refractivity contribution in [2.75, 3.05) is 13.2 Å². The van der Waals surface area contributed by atoms with Gasteiger partial charge in [-0.15, -0.1) is 0 Å². The van der Waals surface area contributed by atoms with Crippen LogP contribution in [-0.4, -0.2) is 24.3 Å². The van der Waals surface area contributed by atoms with Gasteiger partial charge >= 0.3 is 5.97 Å². The Morgan fingerprint density at radius 1 is 1.38 bits per heavy atom. The zero-order valence-corrected chi connectivity index (χ0v) is 8.16. The first kappa shape index (κ1) is 12.2. The number of carbonyl (C=O) groups is 1. The van der Waals surface area contributed by atoms with E-state index in [1.165, 1.54) is 25.3 Å². The lowest BCUT2D eigenvalue weighted by Crippen LogP contribution is -1.95.